The van der Waals surface area contributed by atoms with Gasteiger partial charge >= 0.3 is 7.12 Å². The highest BCUT2D eigenvalue weighted by molar-refractivity contribution is 6.61. The molecular weight excluding hydrogens is 269 g/mol. The normalized spacial score (nSPS) is 13.0. The Kier molecular flexibility index (Phi) is 3.64. The average Bonchev–Trinajstić information content (AvgIpc) is 2.88. The first-order valence-corrected chi connectivity index (χ1v) is 6.55. The van der Waals surface area contributed by atoms with E-state index in [0.29, 0.717) is 29.1 Å². The van der Waals surface area contributed by atoms with Crippen LogP contribution in [0.5, 0.6) is 5.75 Å². The van der Waals surface area contributed by atoms with E-state index in [9.17, 15) is 9.82 Å². The summed E-state index contributed by atoms with van der Waals surface area (Å²) in [7, 11) is 0.632. The number of rotatable bonds is 3. The predicted molar refractivity (Wildman–Crippen MR) is 79.8 cm³/mol. The van der Waals surface area contributed by atoms with Crippen LogP contribution >= 0.6 is 0 Å². The van der Waals surface area contributed by atoms with Crippen molar-refractivity contribution >= 4 is 24.2 Å². The van der Waals surface area contributed by atoms with Crippen molar-refractivity contribution < 1.29 is 19.2 Å². The lowest BCUT2D eigenvalue weighted by molar-refractivity contribution is 0.102. The molecule has 1 aliphatic rings. The standard InChI is InChI=1S/C15H14BNO4/c1-20-13-4-2-3-10(7-13)15(18)17-12-6-5-11-9-21-16(19)14(11)8-12/h2-8,19H,9H2,1H3,(H,17,18). The van der Waals surface area contributed by atoms with Gasteiger partial charge in [0.05, 0.1) is 13.7 Å². The summed E-state index contributed by atoms with van der Waals surface area (Å²) in [5.41, 5.74) is 2.75. The molecule has 0 aromatic heterocycles. The minimum absolute atomic E-state index is 0.234. The quantitative estimate of drug-likeness (QED) is 0.830. The smallest absolute Gasteiger partial charge is 0.491 e. The van der Waals surface area contributed by atoms with Crippen molar-refractivity contribution in [3.05, 3.63) is 53.6 Å². The zero-order chi connectivity index (χ0) is 14.8. The summed E-state index contributed by atoms with van der Waals surface area (Å²) in [6.07, 6.45) is 0. The predicted octanol–water partition coefficient (Wildman–Crippen LogP) is 1.17. The molecule has 106 valence electrons. The van der Waals surface area contributed by atoms with Gasteiger partial charge in [-0.2, -0.15) is 0 Å². The monoisotopic (exact) mass is 283 g/mol. The highest BCUT2D eigenvalue weighted by Gasteiger charge is 2.27. The summed E-state index contributed by atoms with van der Waals surface area (Å²) in [6.45, 7) is 0.389. The molecule has 0 aliphatic carbocycles. The molecule has 0 saturated carbocycles. The molecule has 1 aliphatic heterocycles. The Labute approximate surface area is 122 Å². The summed E-state index contributed by atoms with van der Waals surface area (Å²) in [4.78, 5) is 12.2. The number of anilines is 1. The molecule has 0 spiro atoms. The summed E-state index contributed by atoms with van der Waals surface area (Å²) >= 11 is 0. The van der Waals surface area contributed by atoms with E-state index in [4.69, 9.17) is 9.39 Å². The third-order valence-corrected chi connectivity index (χ3v) is 3.40. The number of ether oxygens (including phenoxy) is 1. The number of fused-ring (bicyclic) bond motifs is 1. The van der Waals surface area contributed by atoms with Crippen LogP contribution in [0.2, 0.25) is 0 Å². The fourth-order valence-corrected chi connectivity index (χ4v) is 2.26. The molecule has 5 nitrogen and oxygen atoms in total. The van der Waals surface area contributed by atoms with Gasteiger partial charge in [-0.3, -0.25) is 4.79 Å². The van der Waals surface area contributed by atoms with Gasteiger partial charge in [0.15, 0.2) is 0 Å². The first-order chi connectivity index (χ1) is 10.2. The Morgan fingerprint density at radius 3 is 3.00 bits per heavy atom. The van der Waals surface area contributed by atoms with E-state index in [1.54, 1.807) is 43.5 Å². The highest BCUT2D eigenvalue weighted by Crippen LogP contribution is 2.17. The van der Waals surface area contributed by atoms with E-state index >= 15 is 0 Å². The molecule has 21 heavy (non-hydrogen) atoms. The van der Waals surface area contributed by atoms with E-state index in [1.165, 1.54) is 0 Å². The first kappa shape index (κ1) is 13.7. The lowest BCUT2D eigenvalue weighted by atomic mass is 9.79. The molecular formula is C15H14BNO4. The average molecular weight is 283 g/mol. The van der Waals surface area contributed by atoms with Gasteiger partial charge in [-0.25, -0.2) is 0 Å². The van der Waals surface area contributed by atoms with Crippen LogP contribution in [0.4, 0.5) is 5.69 Å². The van der Waals surface area contributed by atoms with Crippen molar-refractivity contribution in [2.45, 2.75) is 6.61 Å². The number of nitrogens with one attached hydrogen (secondary N) is 1. The summed E-state index contributed by atoms with van der Waals surface area (Å²) in [5, 5.41) is 12.5. The van der Waals surface area contributed by atoms with Gasteiger partial charge in [0.25, 0.3) is 5.91 Å². The number of hydrogen-bond acceptors (Lipinski definition) is 4. The van der Waals surface area contributed by atoms with E-state index in [0.717, 1.165) is 5.56 Å². The highest BCUT2D eigenvalue weighted by atomic mass is 16.5. The maximum absolute atomic E-state index is 12.2. The fraction of sp³-hybridized carbons (Fsp3) is 0.133. The third-order valence-electron chi connectivity index (χ3n) is 3.40. The van der Waals surface area contributed by atoms with Gasteiger partial charge in [-0.05, 0) is 41.4 Å². The maximum Gasteiger partial charge on any atom is 0.491 e. The molecule has 6 heteroatoms. The second kappa shape index (κ2) is 5.59. The van der Waals surface area contributed by atoms with Crippen LogP contribution in [0.1, 0.15) is 15.9 Å². The van der Waals surface area contributed by atoms with Crippen LogP contribution in [0, 0.1) is 0 Å². The van der Waals surface area contributed by atoms with Crippen LogP contribution in [0.15, 0.2) is 42.5 Å². The Balaban J connectivity index is 1.80. The minimum atomic E-state index is -0.923. The van der Waals surface area contributed by atoms with E-state index in [-0.39, 0.29) is 5.91 Å². The number of carbonyl (C=O) groups is 1. The van der Waals surface area contributed by atoms with Crippen LogP contribution < -0.4 is 15.5 Å². The number of amides is 1. The van der Waals surface area contributed by atoms with Crippen molar-refractivity contribution in [1.29, 1.82) is 0 Å². The molecule has 0 atom stereocenters. The van der Waals surface area contributed by atoms with Gasteiger partial charge in [0.1, 0.15) is 5.75 Å². The van der Waals surface area contributed by atoms with Crippen molar-refractivity contribution in [2.24, 2.45) is 0 Å². The number of carbonyl (C=O) groups excluding carboxylic acids is 1. The van der Waals surface area contributed by atoms with Crippen LogP contribution in [0.25, 0.3) is 0 Å². The van der Waals surface area contributed by atoms with Gasteiger partial charge < -0.3 is 19.7 Å². The first-order valence-electron chi connectivity index (χ1n) is 6.55. The third kappa shape index (κ3) is 2.77. The van der Waals surface area contributed by atoms with Gasteiger partial charge in [0, 0.05) is 11.3 Å². The lowest BCUT2D eigenvalue weighted by Gasteiger charge is -2.08. The molecule has 0 unspecified atom stereocenters. The molecule has 2 aromatic rings. The number of hydrogen-bond donors (Lipinski definition) is 2. The van der Waals surface area contributed by atoms with Crippen molar-refractivity contribution in [1.82, 2.24) is 0 Å². The lowest BCUT2D eigenvalue weighted by Crippen LogP contribution is -2.28. The minimum Gasteiger partial charge on any atom is -0.497 e. The second-order valence-corrected chi connectivity index (χ2v) is 4.76. The van der Waals surface area contributed by atoms with Gasteiger partial charge in [-0.15, -0.1) is 0 Å². The molecule has 0 saturated heterocycles. The topological polar surface area (TPSA) is 67.8 Å². The molecule has 2 aromatic carbocycles. The Bertz CT molecular complexity index is 689. The van der Waals surface area contributed by atoms with Crippen LogP contribution in [0.3, 0.4) is 0 Å². The largest absolute Gasteiger partial charge is 0.497 e. The SMILES string of the molecule is COc1cccc(C(=O)Nc2ccc3c(c2)B(O)OC3)c1. The number of methoxy groups -OCH3 is 1. The zero-order valence-corrected chi connectivity index (χ0v) is 11.5. The van der Waals surface area contributed by atoms with Crippen LogP contribution in [-0.2, 0) is 11.3 Å². The number of benzene rings is 2. The molecule has 1 heterocycles. The molecule has 1 amide bonds. The van der Waals surface area contributed by atoms with E-state index in [2.05, 4.69) is 5.32 Å². The summed E-state index contributed by atoms with van der Waals surface area (Å²) in [5.74, 6) is 0.391. The van der Waals surface area contributed by atoms with Crippen molar-refractivity contribution in [3.8, 4) is 5.75 Å². The molecule has 0 bridgehead atoms. The second-order valence-electron chi connectivity index (χ2n) is 4.76. The molecule has 2 N–H and O–H groups in total. The zero-order valence-electron chi connectivity index (χ0n) is 11.5. The molecule has 0 radical (unpaired) electrons. The fourth-order valence-electron chi connectivity index (χ4n) is 2.26. The van der Waals surface area contributed by atoms with E-state index < -0.39 is 7.12 Å². The van der Waals surface area contributed by atoms with Crippen LogP contribution in [-0.4, -0.2) is 25.2 Å². The molecule has 3 rings (SSSR count). The van der Waals surface area contributed by atoms with Gasteiger partial charge in [0.2, 0.25) is 0 Å². The maximum atomic E-state index is 12.2. The van der Waals surface area contributed by atoms with E-state index in [1.807, 2.05) is 6.07 Å². The van der Waals surface area contributed by atoms with Crippen molar-refractivity contribution in [3.63, 3.8) is 0 Å². The Hall–Kier alpha value is -2.31. The Morgan fingerprint density at radius 1 is 1.33 bits per heavy atom. The van der Waals surface area contributed by atoms with Crippen molar-refractivity contribution in [2.75, 3.05) is 12.4 Å². The molecule has 0 fully saturated rings. The Morgan fingerprint density at radius 2 is 2.19 bits per heavy atom. The summed E-state index contributed by atoms with van der Waals surface area (Å²) in [6, 6.07) is 12.3. The summed E-state index contributed by atoms with van der Waals surface area (Å²) < 4.78 is 10.2. The van der Waals surface area contributed by atoms with Gasteiger partial charge in [-0.1, -0.05) is 12.1 Å².